The van der Waals surface area contributed by atoms with Crippen LogP contribution in [-0.4, -0.2) is 108 Å². The third-order valence-corrected chi connectivity index (χ3v) is 14.7. The molecule has 0 radical (unpaired) electrons. The molecule has 13 nitrogen and oxygen atoms in total. The normalized spacial score (nSPS) is 22.0. The van der Waals surface area contributed by atoms with Crippen molar-refractivity contribution >= 4 is 13.7 Å². The Morgan fingerprint density at radius 1 is 0.500 bits per heavy atom. The smallest absolute Gasteiger partial charge is 0.393 e. The molecule has 1 rings (SSSR count). The third kappa shape index (κ3) is 35.6. The molecule has 0 heterocycles. The summed E-state index contributed by atoms with van der Waals surface area (Å²) >= 11 is 0. The average Bonchev–Trinajstić information content (AvgIpc) is 3.34. The number of hydrogen-bond donors (Lipinski definition) is 9. The standard InChI is InChI=1S/C56H106NO12P/c1-3-5-7-9-11-13-15-17-19-21-23-24-26-28-30-32-34-36-38-40-42-44-49(59)48(46-68-70(66,67)69-56-54(64)52(62)51(61)53(63)55(56)65)57-50(60)45-47(58)43-41-39-37-35-33-31-29-27-25-22-20-18-16-14-12-10-8-6-4-2/h26,28,34,36,42,44,47-49,51-56,58-59,61-65H,3-25,27,29-33,35,37-41,43,45-46H2,1-2H3,(H,57,60)(H,66,67)/b28-26+,36-34+,44-42+. The highest BCUT2D eigenvalue weighted by atomic mass is 31.2. The Labute approximate surface area is 426 Å². The molecule has 1 fully saturated rings. The molecule has 14 heteroatoms. The summed E-state index contributed by atoms with van der Waals surface area (Å²) < 4.78 is 23.0. The van der Waals surface area contributed by atoms with Crippen molar-refractivity contribution in [3.05, 3.63) is 36.5 Å². The number of amides is 1. The van der Waals surface area contributed by atoms with Crippen LogP contribution in [0.5, 0.6) is 0 Å². The summed E-state index contributed by atoms with van der Waals surface area (Å²) in [6.45, 7) is 3.77. The van der Waals surface area contributed by atoms with Gasteiger partial charge in [-0.05, 0) is 44.9 Å². The largest absolute Gasteiger partial charge is 0.472 e. The number of rotatable bonds is 48. The van der Waals surface area contributed by atoms with Crippen LogP contribution >= 0.6 is 7.82 Å². The van der Waals surface area contributed by atoms with E-state index in [1.165, 1.54) is 173 Å². The Morgan fingerprint density at radius 3 is 1.26 bits per heavy atom. The molecule has 8 unspecified atom stereocenters. The molecular weight excluding hydrogens is 910 g/mol. The fraction of sp³-hybridized carbons (Fsp3) is 0.875. The summed E-state index contributed by atoms with van der Waals surface area (Å²) in [7, 11) is -5.16. The minimum absolute atomic E-state index is 0.253. The van der Waals surface area contributed by atoms with Gasteiger partial charge in [-0.25, -0.2) is 4.57 Å². The molecule has 8 atom stereocenters. The second kappa shape index (κ2) is 45.0. The van der Waals surface area contributed by atoms with E-state index in [-0.39, 0.29) is 6.42 Å². The Hall–Kier alpha value is -1.48. The number of aliphatic hydroxyl groups is 7. The lowest BCUT2D eigenvalue weighted by Crippen LogP contribution is -2.64. The second-order valence-corrected chi connectivity index (χ2v) is 21.7. The molecule has 0 saturated heterocycles. The number of unbranched alkanes of at least 4 members (excludes halogenated alkanes) is 31. The van der Waals surface area contributed by atoms with Crippen molar-refractivity contribution in [1.82, 2.24) is 5.32 Å². The Kier molecular flexibility index (Phi) is 42.7. The number of phosphoric acid groups is 1. The lowest BCUT2D eigenvalue weighted by Gasteiger charge is -2.41. The van der Waals surface area contributed by atoms with Crippen molar-refractivity contribution in [1.29, 1.82) is 0 Å². The van der Waals surface area contributed by atoms with Crippen molar-refractivity contribution in [3.63, 3.8) is 0 Å². The SMILES string of the molecule is CCCCCCCCCCCCC/C=C/CC/C=C/CC/C=C/C(O)C(COP(=O)(O)OC1C(O)C(O)C(O)C(O)C1O)NC(=O)CC(O)CCCCCCCCCCCCCCCCCCCCC. The summed E-state index contributed by atoms with van der Waals surface area (Å²) in [4.78, 5) is 23.6. The minimum Gasteiger partial charge on any atom is -0.393 e. The third-order valence-electron chi connectivity index (χ3n) is 13.7. The summed E-state index contributed by atoms with van der Waals surface area (Å²) in [5, 5.41) is 74.8. The van der Waals surface area contributed by atoms with Crippen LogP contribution in [0.4, 0.5) is 0 Å². The summed E-state index contributed by atoms with van der Waals surface area (Å²) in [6, 6.07) is -1.26. The molecule has 412 valence electrons. The fourth-order valence-electron chi connectivity index (χ4n) is 9.10. The number of nitrogens with one attached hydrogen (secondary N) is 1. The predicted molar refractivity (Wildman–Crippen MR) is 284 cm³/mol. The molecule has 0 spiro atoms. The van der Waals surface area contributed by atoms with Crippen molar-refractivity contribution in [3.8, 4) is 0 Å². The van der Waals surface area contributed by atoms with Gasteiger partial charge in [0, 0.05) is 0 Å². The molecule has 0 aliphatic heterocycles. The lowest BCUT2D eigenvalue weighted by molar-refractivity contribution is -0.220. The molecule has 0 bridgehead atoms. The van der Waals surface area contributed by atoms with E-state index >= 15 is 0 Å². The first kappa shape index (κ1) is 66.5. The van der Waals surface area contributed by atoms with E-state index in [1.54, 1.807) is 6.08 Å². The maximum atomic E-state index is 13.1. The first-order chi connectivity index (χ1) is 33.8. The topological polar surface area (TPSA) is 226 Å². The van der Waals surface area contributed by atoms with Crippen LogP contribution in [-0.2, 0) is 18.4 Å². The van der Waals surface area contributed by atoms with Crippen LogP contribution in [0.15, 0.2) is 36.5 Å². The van der Waals surface area contributed by atoms with E-state index in [2.05, 4.69) is 43.5 Å². The summed E-state index contributed by atoms with van der Waals surface area (Å²) in [6.07, 6.45) is 40.9. The highest BCUT2D eigenvalue weighted by Gasteiger charge is 2.51. The van der Waals surface area contributed by atoms with Crippen LogP contribution in [0.1, 0.15) is 251 Å². The van der Waals surface area contributed by atoms with Crippen LogP contribution in [0.3, 0.4) is 0 Å². The maximum Gasteiger partial charge on any atom is 0.472 e. The number of hydrogen-bond acceptors (Lipinski definition) is 11. The molecule has 0 aromatic carbocycles. The Bertz CT molecular complexity index is 1340. The Balaban J connectivity index is 2.46. The zero-order chi connectivity index (χ0) is 51.5. The van der Waals surface area contributed by atoms with Gasteiger partial charge < -0.3 is 46.0 Å². The molecule has 0 aromatic heterocycles. The molecule has 9 N–H and O–H groups in total. The van der Waals surface area contributed by atoms with Gasteiger partial charge in [-0.2, -0.15) is 0 Å². The molecule has 70 heavy (non-hydrogen) atoms. The number of aliphatic hydroxyl groups excluding tert-OH is 7. The van der Waals surface area contributed by atoms with Crippen LogP contribution in [0.2, 0.25) is 0 Å². The van der Waals surface area contributed by atoms with E-state index in [4.69, 9.17) is 9.05 Å². The zero-order valence-corrected chi connectivity index (χ0v) is 45.1. The van der Waals surface area contributed by atoms with Crippen molar-refractivity contribution in [2.75, 3.05) is 6.61 Å². The molecule has 1 aliphatic rings. The monoisotopic (exact) mass is 1020 g/mol. The first-order valence-electron chi connectivity index (χ1n) is 28.5. The number of carbonyl (C=O) groups excluding carboxylic acids is 1. The van der Waals surface area contributed by atoms with Crippen LogP contribution < -0.4 is 5.32 Å². The van der Waals surface area contributed by atoms with Gasteiger partial charge in [0.15, 0.2) is 0 Å². The van der Waals surface area contributed by atoms with Gasteiger partial charge in [-0.1, -0.05) is 237 Å². The van der Waals surface area contributed by atoms with Gasteiger partial charge in [0.1, 0.15) is 36.6 Å². The fourth-order valence-corrected chi connectivity index (χ4v) is 10.1. The Morgan fingerprint density at radius 2 is 0.843 bits per heavy atom. The van der Waals surface area contributed by atoms with E-state index in [0.717, 1.165) is 44.9 Å². The maximum absolute atomic E-state index is 13.1. The van der Waals surface area contributed by atoms with Crippen LogP contribution in [0, 0.1) is 0 Å². The van der Waals surface area contributed by atoms with E-state index < -0.39 is 75.2 Å². The number of phosphoric ester groups is 1. The summed E-state index contributed by atoms with van der Waals surface area (Å²) in [5.74, 6) is -0.603. The second-order valence-electron chi connectivity index (χ2n) is 20.3. The minimum atomic E-state index is -5.16. The van der Waals surface area contributed by atoms with Crippen LogP contribution in [0.25, 0.3) is 0 Å². The average molecular weight is 1020 g/mol. The van der Waals surface area contributed by atoms with E-state index in [1.807, 2.05) is 0 Å². The van der Waals surface area contributed by atoms with Gasteiger partial charge in [-0.15, -0.1) is 0 Å². The molecular formula is C56H106NO12P. The first-order valence-corrected chi connectivity index (χ1v) is 30.0. The lowest BCUT2D eigenvalue weighted by atomic mass is 9.85. The van der Waals surface area contributed by atoms with Gasteiger partial charge in [0.05, 0.1) is 31.3 Å². The highest BCUT2D eigenvalue weighted by Crippen LogP contribution is 2.47. The quantitative estimate of drug-likeness (QED) is 0.0158. The number of allylic oxidation sites excluding steroid dienone is 5. The van der Waals surface area contributed by atoms with E-state index in [0.29, 0.717) is 19.3 Å². The van der Waals surface area contributed by atoms with Crippen molar-refractivity contribution < 1.29 is 59.0 Å². The molecule has 1 aliphatic carbocycles. The van der Waals surface area contributed by atoms with E-state index in [9.17, 15) is 50.0 Å². The molecule has 1 amide bonds. The van der Waals surface area contributed by atoms with Crippen molar-refractivity contribution in [2.24, 2.45) is 0 Å². The van der Waals surface area contributed by atoms with Gasteiger partial charge in [-0.3, -0.25) is 13.8 Å². The highest BCUT2D eigenvalue weighted by molar-refractivity contribution is 7.47. The van der Waals surface area contributed by atoms with Gasteiger partial charge >= 0.3 is 7.82 Å². The zero-order valence-electron chi connectivity index (χ0n) is 44.2. The van der Waals surface area contributed by atoms with Gasteiger partial charge in [0.2, 0.25) is 5.91 Å². The van der Waals surface area contributed by atoms with Gasteiger partial charge in [0.25, 0.3) is 0 Å². The van der Waals surface area contributed by atoms with Crippen molar-refractivity contribution in [2.45, 2.75) is 306 Å². The summed E-state index contributed by atoms with van der Waals surface area (Å²) in [5.41, 5.74) is 0. The predicted octanol–water partition coefficient (Wildman–Crippen LogP) is 11.7. The molecule has 0 aromatic rings. The number of carbonyl (C=O) groups is 1. The molecule has 1 saturated carbocycles.